The summed E-state index contributed by atoms with van der Waals surface area (Å²) in [5.74, 6) is -2.05. The van der Waals surface area contributed by atoms with E-state index < -0.39 is 5.92 Å². The number of carbonyl (C=O) groups is 1. The van der Waals surface area contributed by atoms with Crippen LogP contribution < -0.4 is 0 Å². The second-order valence-electron chi connectivity index (χ2n) is 2.47. The topological polar surface area (TPSA) is 37.3 Å². The third-order valence-electron chi connectivity index (χ3n) is 1.29. The van der Waals surface area contributed by atoms with Gasteiger partial charge in [-0.2, -0.15) is 0 Å². The maximum Gasteiger partial charge on any atom is 0.290 e. The highest BCUT2D eigenvalue weighted by molar-refractivity contribution is 5.32. The molecule has 0 unspecified atom stereocenters. The molecule has 1 fully saturated rings. The lowest BCUT2D eigenvalue weighted by molar-refractivity contribution is -0.122. The Balaban J connectivity index is 0.000000236. The van der Waals surface area contributed by atoms with Crippen LogP contribution in [0.25, 0.3) is 0 Å². The first-order valence-corrected chi connectivity index (χ1v) is 2.97. The Bertz CT molecular complexity index is 106. The van der Waals surface area contributed by atoms with Crippen LogP contribution in [0.5, 0.6) is 0 Å². The molecule has 60 valence electrons. The molecule has 0 aromatic rings. The van der Waals surface area contributed by atoms with Gasteiger partial charge in [0.15, 0.2) is 0 Å². The molecule has 1 rings (SSSR count). The van der Waals surface area contributed by atoms with Crippen LogP contribution in [0.2, 0.25) is 0 Å². The standard InChI is InChI=1S/C5H8F2.CH2O2/c1-4-2-5(6,7)3-4;2-1-3/h4H,2-3H2,1H3;1H,(H,2,3). The SMILES string of the molecule is CC1CC(F)(F)C1.O=CO. The van der Waals surface area contributed by atoms with Crippen LogP contribution in [0.1, 0.15) is 19.8 Å². The van der Waals surface area contributed by atoms with Crippen molar-refractivity contribution < 1.29 is 18.7 Å². The Hall–Kier alpha value is -0.670. The quantitative estimate of drug-likeness (QED) is 0.537. The van der Waals surface area contributed by atoms with Crippen molar-refractivity contribution in [2.75, 3.05) is 0 Å². The van der Waals surface area contributed by atoms with Crippen LogP contribution >= 0.6 is 0 Å². The Kier molecular flexibility index (Phi) is 3.25. The van der Waals surface area contributed by atoms with Crippen molar-refractivity contribution in [3.05, 3.63) is 0 Å². The predicted molar refractivity (Wildman–Crippen MR) is 32.0 cm³/mol. The van der Waals surface area contributed by atoms with Gasteiger partial charge in [0.2, 0.25) is 5.92 Å². The molecule has 0 spiro atoms. The van der Waals surface area contributed by atoms with Gasteiger partial charge in [-0.05, 0) is 5.92 Å². The Labute approximate surface area is 57.9 Å². The molecular formula is C6H10F2O2. The van der Waals surface area contributed by atoms with Crippen molar-refractivity contribution in [3.63, 3.8) is 0 Å². The highest BCUT2D eigenvalue weighted by atomic mass is 19.3. The maximum absolute atomic E-state index is 11.8. The first kappa shape index (κ1) is 9.33. The summed E-state index contributed by atoms with van der Waals surface area (Å²) in [7, 11) is 0. The van der Waals surface area contributed by atoms with E-state index in [1.54, 1.807) is 0 Å². The molecule has 0 radical (unpaired) electrons. The summed E-state index contributed by atoms with van der Waals surface area (Å²) in [6.45, 7) is 1.59. The molecule has 0 bridgehead atoms. The zero-order valence-electron chi connectivity index (χ0n) is 5.68. The van der Waals surface area contributed by atoms with E-state index in [-0.39, 0.29) is 25.2 Å². The second kappa shape index (κ2) is 3.49. The van der Waals surface area contributed by atoms with Crippen molar-refractivity contribution in [1.82, 2.24) is 0 Å². The summed E-state index contributed by atoms with van der Waals surface area (Å²) < 4.78 is 23.6. The van der Waals surface area contributed by atoms with Crippen LogP contribution in [0.4, 0.5) is 8.78 Å². The maximum atomic E-state index is 11.8. The van der Waals surface area contributed by atoms with Crippen molar-refractivity contribution >= 4 is 6.47 Å². The fourth-order valence-corrected chi connectivity index (χ4v) is 0.960. The largest absolute Gasteiger partial charge is 0.483 e. The Morgan fingerprint density at radius 2 is 1.90 bits per heavy atom. The lowest BCUT2D eigenvalue weighted by Crippen LogP contribution is -2.33. The van der Waals surface area contributed by atoms with E-state index in [9.17, 15) is 8.78 Å². The summed E-state index contributed by atoms with van der Waals surface area (Å²) in [6.07, 6.45) is 0.208. The van der Waals surface area contributed by atoms with Gasteiger partial charge < -0.3 is 5.11 Å². The lowest BCUT2D eigenvalue weighted by Gasteiger charge is -2.31. The molecule has 0 atom stereocenters. The molecule has 4 heteroatoms. The van der Waals surface area contributed by atoms with Crippen LogP contribution in [-0.2, 0) is 4.79 Å². The number of rotatable bonds is 0. The van der Waals surface area contributed by atoms with Crippen molar-refractivity contribution in [2.24, 2.45) is 5.92 Å². The summed E-state index contributed by atoms with van der Waals surface area (Å²) >= 11 is 0. The molecule has 0 saturated heterocycles. The number of alkyl halides is 2. The monoisotopic (exact) mass is 152 g/mol. The molecule has 0 heterocycles. The van der Waals surface area contributed by atoms with Crippen molar-refractivity contribution in [2.45, 2.75) is 25.7 Å². The molecule has 10 heavy (non-hydrogen) atoms. The average Bonchev–Trinajstić information content (AvgIpc) is 1.61. The van der Waals surface area contributed by atoms with Crippen LogP contribution in [-0.4, -0.2) is 17.5 Å². The van der Waals surface area contributed by atoms with E-state index in [1.165, 1.54) is 0 Å². The zero-order chi connectivity index (χ0) is 8.20. The van der Waals surface area contributed by atoms with Crippen LogP contribution in [0.15, 0.2) is 0 Å². The first-order valence-electron chi connectivity index (χ1n) is 2.97. The molecule has 0 aliphatic heterocycles. The van der Waals surface area contributed by atoms with Gasteiger partial charge >= 0.3 is 0 Å². The third kappa shape index (κ3) is 3.37. The van der Waals surface area contributed by atoms with Gasteiger partial charge in [0, 0.05) is 12.8 Å². The smallest absolute Gasteiger partial charge is 0.290 e. The summed E-state index contributed by atoms with van der Waals surface area (Å²) in [6, 6.07) is 0. The Morgan fingerprint density at radius 3 is 1.90 bits per heavy atom. The molecule has 0 aromatic heterocycles. The van der Waals surface area contributed by atoms with E-state index in [4.69, 9.17) is 9.90 Å². The molecule has 1 aliphatic carbocycles. The van der Waals surface area contributed by atoms with E-state index >= 15 is 0 Å². The highest BCUT2D eigenvalue weighted by Gasteiger charge is 2.42. The van der Waals surface area contributed by atoms with E-state index in [0.29, 0.717) is 0 Å². The van der Waals surface area contributed by atoms with Gasteiger partial charge in [0.1, 0.15) is 0 Å². The first-order chi connectivity index (χ1) is 4.52. The normalized spacial score (nSPS) is 21.9. The van der Waals surface area contributed by atoms with Crippen LogP contribution in [0, 0.1) is 5.92 Å². The molecule has 0 amide bonds. The number of carboxylic acid groups (broad SMARTS) is 1. The van der Waals surface area contributed by atoms with E-state index in [2.05, 4.69) is 0 Å². The highest BCUT2D eigenvalue weighted by Crippen LogP contribution is 2.41. The third-order valence-corrected chi connectivity index (χ3v) is 1.29. The summed E-state index contributed by atoms with van der Waals surface area (Å²) in [4.78, 5) is 8.36. The lowest BCUT2D eigenvalue weighted by atomic mass is 9.83. The minimum Gasteiger partial charge on any atom is -0.483 e. The van der Waals surface area contributed by atoms with E-state index in [0.717, 1.165) is 0 Å². The van der Waals surface area contributed by atoms with E-state index in [1.807, 2.05) is 6.92 Å². The van der Waals surface area contributed by atoms with Gasteiger partial charge in [-0.3, -0.25) is 4.79 Å². The molecule has 1 N–H and O–H groups in total. The second-order valence-corrected chi connectivity index (χ2v) is 2.47. The molecule has 1 saturated carbocycles. The molecule has 0 aromatic carbocycles. The number of hydrogen-bond donors (Lipinski definition) is 1. The predicted octanol–water partition coefficient (Wildman–Crippen LogP) is 1.75. The average molecular weight is 152 g/mol. The Morgan fingerprint density at radius 1 is 1.60 bits per heavy atom. The van der Waals surface area contributed by atoms with Gasteiger partial charge in [0.05, 0.1) is 0 Å². The molecule has 2 nitrogen and oxygen atoms in total. The van der Waals surface area contributed by atoms with Crippen molar-refractivity contribution in [1.29, 1.82) is 0 Å². The molecular weight excluding hydrogens is 142 g/mol. The summed E-state index contributed by atoms with van der Waals surface area (Å²) in [5.41, 5.74) is 0. The summed E-state index contributed by atoms with van der Waals surface area (Å²) in [5, 5.41) is 6.89. The molecule has 1 aliphatic rings. The van der Waals surface area contributed by atoms with Gasteiger partial charge in [-0.15, -0.1) is 0 Å². The van der Waals surface area contributed by atoms with Crippen molar-refractivity contribution in [3.8, 4) is 0 Å². The van der Waals surface area contributed by atoms with Crippen LogP contribution in [0.3, 0.4) is 0 Å². The van der Waals surface area contributed by atoms with Gasteiger partial charge in [0.25, 0.3) is 6.47 Å². The van der Waals surface area contributed by atoms with Gasteiger partial charge in [-0.1, -0.05) is 6.92 Å². The fraction of sp³-hybridized carbons (Fsp3) is 0.833. The van der Waals surface area contributed by atoms with Gasteiger partial charge in [-0.25, -0.2) is 8.78 Å². The zero-order valence-corrected chi connectivity index (χ0v) is 5.68. The number of hydrogen-bond acceptors (Lipinski definition) is 1. The fourth-order valence-electron chi connectivity index (χ4n) is 0.960. The number of halogens is 2. The minimum absolute atomic E-state index is 0.104. The minimum atomic E-state index is -2.31.